The maximum Gasteiger partial charge on any atom is 0.0456 e. The maximum absolute atomic E-state index is 5.77. The first kappa shape index (κ1) is 11.0. The Morgan fingerprint density at radius 3 is 2.50 bits per heavy atom. The van der Waals surface area contributed by atoms with Gasteiger partial charge in [0.05, 0.1) is 0 Å². The van der Waals surface area contributed by atoms with E-state index >= 15 is 0 Å². The Labute approximate surface area is 96.5 Å². The second-order valence-corrected chi connectivity index (χ2v) is 4.76. The van der Waals surface area contributed by atoms with Crippen LogP contribution in [0.1, 0.15) is 19.4 Å². The summed E-state index contributed by atoms with van der Waals surface area (Å²) in [5, 5.41) is 0. The fraction of sp³-hybridized carbons (Fsp3) is 0.286. The standard InChI is InChI=1S/C14H18N2/c1-14(2,10-15)12-8-13(16-9-12)11-6-4-3-5-7-11/h3-9,16H,10,15H2,1-2H3. The van der Waals surface area contributed by atoms with Gasteiger partial charge < -0.3 is 10.7 Å². The Bertz CT molecular complexity index is 455. The molecule has 0 bridgehead atoms. The summed E-state index contributed by atoms with van der Waals surface area (Å²) in [7, 11) is 0. The second kappa shape index (κ2) is 4.14. The van der Waals surface area contributed by atoms with Gasteiger partial charge in [0, 0.05) is 23.9 Å². The van der Waals surface area contributed by atoms with Crippen LogP contribution in [-0.4, -0.2) is 11.5 Å². The monoisotopic (exact) mass is 214 g/mol. The summed E-state index contributed by atoms with van der Waals surface area (Å²) in [6, 6.07) is 12.5. The average Bonchev–Trinajstić information content (AvgIpc) is 2.80. The van der Waals surface area contributed by atoms with E-state index < -0.39 is 0 Å². The van der Waals surface area contributed by atoms with Gasteiger partial charge in [-0.3, -0.25) is 0 Å². The van der Waals surface area contributed by atoms with Crippen molar-refractivity contribution in [3.63, 3.8) is 0 Å². The van der Waals surface area contributed by atoms with E-state index in [1.54, 1.807) is 0 Å². The molecule has 0 fully saturated rings. The lowest BCUT2D eigenvalue weighted by Gasteiger charge is -2.20. The molecule has 2 aromatic rings. The third-order valence-corrected chi connectivity index (χ3v) is 3.06. The van der Waals surface area contributed by atoms with E-state index in [-0.39, 0.29) is 5.41 Å². The number of aromatic amines is 1. The molecule has 0 radical (unpaired) electrons. The van der Waals surface area contributed by atoms with Gasteiger partial charge in [0.2, 0.25) is 0 Å². The molecule has 2 heteroatoms. The zero-order valence-electron chi connectivity index (χ0n) is 9.83. The number of hydrogen-bond acceptors (Lipinski definition) is 1. The number of H-pyrrole nitrogens is 1. The molecule has 0 aliphatic rings. The van der Waals surface area contributed by atoms with Gasteiger partial charge in [-0.2, -0.15) is 0 Å². The van der Waals surface area contributed by atoms with Gasteiger partial charge in [-0.1, -0.05) is 44.2 Å². The summed E-state index contributed by atoms with van der Waals surface area (Å²) in [6.07, 6.45) is 2.05. The Hall–Kier alpha value is -1.54. The lowest BCUT2D eigenvalue weighted by atomic mass is 9.86. The number of nitrogens with one attached hydrogen (secondary N) is 1. The first-order valence-electron chi connectivity index (χ1n) is 5.58. The van der Waals surface area contributed by atoms with Crippen LogP contribution >= 0.6 is 0 Å². The maximum atomic E-state index is 5.77. The van der Waals surface area contributed by atoms with Crippen LogP contribution < -0.4 is 5.73 Å². The quantitative estimate of drug-likeness (QED) is 0.810. The van der Waals surface area contributed by atoms with Crippen LogP contribution in [0.2, 0.25) is 0 Å². The van der Waals surface area contributed by atoms with E-state index in [1.807, 2.05) is 18.2 Å². The molecular weight excluding hydrogens is 196 g/mol. The lowest BCUT2D eigenvalue weighted by molar-refractivity contribution is 0.540. The Morgan fingerprint density at radius 1 is 1.19 bits per heavy atom. The summed E-state index contributed by atoms with van der Waals surface area (Å²) in [5.41, 5.74) is 9.42. The molecule has 0 saturated carbocycles. The van der Waals surface area contributed by atoms with Crippen LogP contribution in [0.4, 0.5) is 0 Å². The van der Waals surface area contributed by atoms with Gasteiger partial charge in [0.1, 0.15) is 0 Å². The Morgan fingerprint density at radius 2 is 1.88 bits per heavy atom. The molecule has 16 heavy (non-hydrogen) atoms. The molecule has 0 atom stereocenters. The highest BCUT2D eigenvalue weighted by Gasteiger charge is 2.19. The number of benzene rings is 1. The van der Waals surface area contributed by atoms with Gasteiger partial charge in [0.15, 0.2) is 0 Å². The van der Waals surface area contributed by atoms with Crippen molar-refractivity contribution in [2.45, 2.75) is 19.3 Å². The van der Waals surface area contributed by atoms with E-state index in [1.165, 1.54) is 11.1 Å². The second-order valence-electron chi connectivity index (χ2n) is 4.76. The molecule has 84 valence electrons. The minimum atomic E-state index is 0.0313. The molecule has 0 unspecified atom stereocenters. The topological polar surface area (TPSA) is 41.8 Å². The normalized spacial score (nSPS) is 11.7. The minimum absolute atomic E-state index is 0.0313. The molecule has 2 rings (SSSR count). The lowest BCUT2D eigenvalue weighted by Crippen LogP contribution is -2.27. The van der Waals surface area contributed by atoms with Crippen LogP contribution in [0.3, 0.4) is 0 Å². The van der Waals surface area contributed by atoms with Gasteiger partial charge in [-0.25, -0.2) is 0 Å². The van der Waals surface area contributed by atoms with Crippen molar-refractivity contribution in [1.29, 1.82) is 0 Å². The molecular formula is C14H18N2. The highest BCUT2D eigenvalue weighted by atomic mass is 14.7. The van der Waals surface area contributed by atoms with Crippen LogP contribution in [0.5, 0.6) is 0 Å². The molecule has 1 aromatic heterocycles. The molecule has 1 aromatic carbocycles. The van der Waals surface area contributed by atoms with Gasteiger partial charge in [0.25, 0.3) is 0 Å². The molecule has 0 amide bonds. The molecule has 2 nitrogen and oxygen atoms in total. The van der Waals surface area contributed by atoms with Crippen molar-refractivity contribution in [2.24, 2.45) is 5.73 Å². The predicted molar refractivity (Wildman–Crippen MR) is 68.3 cm³/mol. The first-order chi connectivity index (χ1) is 7.63. The fourth-order valence-electron chi connectivity index (χ4n) is 1.69. The van der Waals surface area contributed by atoms with Crippen molar-refractivity contribution in [3.8, 4) is 11.3 Å². The third-order valence-electron chi connectivity index (χ3n) is 3.06. The minimum Gasteiger partial charge on any atom is -0.361 e. The van der Waals surface area contributed by atoms with Crippen molar-refractivity contribution in [3.05, 3.63) is 48.2 Å². The molecule has 0 saturated heterocycles. The SMILES string of the molecule is CC(C)(CN)c1c[nH]c(-c2ccccc2)c1. The molecule has 1 heterocycles. The van der Waals surface area contributed by atoms with Gasteiger partial charge in [-0.05, 0) is 17.2 Å². The highest BCUT2D eigenvalue weighted by Crippen LogP contribution is 2.26. The number of nitrogens with two attached hydrogens (primary N) is 1. The van der Waals surface area contributed by atoms with Gasteiger partial charge >= 0.3 is 0 Å². The van der Waals surface area contributed by atoms with E-state index in [4.69, 9.17) is 5.73 Å². The smallest absolute Gasteiger partial charge is 0.0456 e. The molecule has 0 aliphatic heterocycles. The van der Waals surface area contributed by atoms with Crippen molar-refractivity contribution >= 4 is 0 Å². The summed E-state index contributed by atoms with van der Waals surface area (Å²) < 4.78 is 0. The zero-order chi connectivity index (χ0) is 11.6. The number of hydrogen-bond donors (Lipinski definition) is 2. The van der Waals surface area contributed by atoms with Crippen LogP contribution in [0.25, 0.3) is 11.3 Å². The van der Waals surface area contributed by atoms with Crippen molar-refractivity contribution in [1.82, 2.24) is 4.98 Å². The molecule has 0 aliphatic carbocycles. The third kappa shape index (κ3) is 2.02. The summed E-state index contributed by atoms with van der Waals surface area (Å²) >= 11 is 0. The molecule has 0 spiro atoms. The van der Waals surface area contributed by atoms with Crippen LogP contribution in [0.15, 0.2) is 42.6 Å². The first-order valence-corrected chi connectivity index (χ1v) is 5.58. The van der Waals surface area contributed by atoms with Crippen LogP contribution in [-0.2, 0) is 5.41 Å². The number of rotatable bonds is 3. The van der Waals surface area contributed by atoms with Crippen LogP contribution in [0, 0.1) is 0 Å². The van der Waals surface area contributed by atoms with E-state index in [0.29, 0.717) is 6.54 Å². The average molecular weight is 214 g/mol. The van der Waals surface area contributed by atoms with Crippen molar-refractivity contribution in [2.75, 3.05) is 6.54 Å². The van der Waals surface area contributed by atoms with Crippen molar-refractivity contribution < 1.29 is 0 Å². The predicted octanol–water partition coefficient (Wildman–Crippen LogP) is 2.92. The summed E-state index contributed by atoms with van der Waals surface area (Å²) in [5.74, 6) is 0. The Kier molecular flexibility index (Phi) is 2.84. The summed E-state index contributed by atoms with van der Waals surface area (Å²) in [4.78, 5) is 3.31. The van der Waals surface area contributed by atoms with E-state index in [9.17, 15) is 0 Å². The van der Waals surface area contributed by atoms with E-state index in [2.05, 4.69) is 43.2 Å². The van der Waals surface area contributed by atoms with Gasteiger partial charge in [-0.15, -0.1) is 0 Å². The summed E-state index contributed by atoms with van der Waals surface area (Å²) in [6.45, 7) is 4.97. The molecule has 3 N–H and O–H groups in total. The zero-order valence-corrected chi connectivity index (χ0v) is 9.83. The largest absolute Gasteiger partial charge is 0.361 e. The Balaban J connectivity index is 2.34. The fourth-order valence-corrected chi connectivity index (χ4v) is 1.69. The highest BCUT2D eigenvalue weighted by molar-refractivity contribution is 5.60. The number of aromatic nitrogens is 1. The van der Waals surface area contributed by atoms with E-state index in [0.717, 1.165) is 5.69 Å².